The van der Waals surface area contributed by atoms with E-state index in [0.29, 0.717) is 25.3 Å². The van der Waals surface area contributed by atoms with Gasteiger partial charge in [0.25, 0.3) is 0 Å². The summed E-state index contributed by atoms with van der Waals surface area (Å²) in [6, 6.07) is 5.84. The molecule has 2 rings (SSSR count). The molecule has 1 heterocycles. The zero-order valence-electron chi connectivity index (χ0n) is 10.1. The summed E-state index contributed by atoms with van der Waals surface area (Å²) in [5.74, 6) is -1.50. The van der Waals surface area contributed by atoms with Crippen LogP contribution in [0.4, 0.5) is 10.1 Å². The van der Waals surface area contributed by atoms with Crippen LogP contribution in [0, 0.1) is 11.7 Å². The SMILES string of the molecule is CC1COCCC1(Nc1cccc(F)c1)C(=O)O. The first-order valence-electron chi connectivity index (χ1n) is 5.89. The van der Waals surface area contributed by atoms with E-state index in [0.717, 1.165) is 0 Å². The number of carboxylic acid groups (broad SMARTS) is 1. The van der Waals surface area contributed by atoms with Gasteiger partial charge in [0.15, 0.2) is 0 Å². The number of benzene rings is 1. The highest BCUT2D eigenvalue weighted by Crippen LogP contribution is 2.31. The number of nitrogens with one attached hydrogen (secondary N) is 1. The Kier molecular flexibility index (Phi) is 3.52. The van der Waals surface area contributed by atoms with E-state index >= 15 is 0 Å². The highest BCUT2D eigenvalue weighted by molar-refractivity contribution is 5.83. The van der Waals surface area contributed by atoms with E-state index in [-0.39, 0.29) is 11.7 Å². The molecular formula is C13H16FNO3. The molecule has 0 aliphatic carbocycles. The molecule has 1 fully saturated rings. The van der Waals surface area contributed by atoms with Crippen LogP contribution in [0.5, 0.6) is 0 Å². The molecule has 1 aliphatic heterocycles. The van der Waals surface area contributed by atoms with E-state index in [4.69, 9.17) is 4.74 Å². The van der Waals surface area contributed by atoms with Gasteiger partial charge >= 0.3 is 5.97 Å². The molecule has 1 aliphatic rings. The number of hydrogen-bond acceptors (Lipinski definition) is 3. The van der Waals surface area contributed by atoms with E-state index in [2.05, 4.69) is 5.32 Å². The van der Waals surface area contributed by atoms with E-state index in [9.17, 15) is 14.3 Å². The van der Waals surface area contributed by atoms with E-state index in [1.807, 2.05) is 6.92 Å². The van der Waals surface area contributed by atoms with Crippen molar-refractivity contribution in [1.82, 2.24) is 0 Å². The summed E-state index contributed by atoms with van der Waals surface area (Å²) in [6.07, 6.45) is 0.361. The molecule has 2 atom stereocenters. The fourth-order valence-corrected chi connectivity index (χ4v) is 2.26. The van der Waals surface area contributed by atoms with Crippen LogP contribution < -0.4 is 5.32 Å². The van der Waals surface area contributed by atoms with Gasteiger partial charge in [-0.2, -0.15) is 0 Å². The fraction of sp³-hybridized carbons (Fsp3) is 0.462. The predicted octanol–water partition coefficient (Wildman–Crippen LogP) is 2.12. The maximum Gasteiger partial charge on any atom is 0.329 e. The molecule has 0 saturated carbocycles. The van der Waals surface area contributed by atoms with Crippen molar-refractivity contribution in [2.45, 2.75) is 18.9 Å². The summed E-state index contributed by atoms with van der Waals surface area (Å²) in [5.41, 5.74) is -0.613. The van der Waals surface area contributed by atoms with E-state index in [1.54, 1.807) is 12.1 Å². The number of rotatable bonds is 3. The number of carboxylic acids is 1. The molecule has 0 spiro atoms. The number of hydrogen-bond donors (Lipinski definition) is 2. The maximum absolute atomic E-state index is 13.1. The van der Waals surface area contributed by atoms with Gasteiger partial charge in [-0.1, -0.05) is 13.0 Å². The van der Waals surface area contributed by atoms with Crippen LogP contribution in [0.15, 0.2) is 24.3 Å². The molecule has 0 amide bonds. The Morgan fingerprint density at radius 1 is 1.61 bits per heavy atom. The number of anilines is 1. The van der Waals surface area contributed by atoms with Crippen molar-refractivity contribution in [3.05, 3.63) is 30.1 Å². The van der Waals surface area contributed by atoms with Crippen molar-refractivity contribution in [2.24, 2.45) is 5.92 Å². The summed E-state index contributed by atoms with van der Waals surface area (Å²) in [6.45, 7) is 2.59. The van der Waals surface area contributed by atoms with Crippen LogP contribution in [0.1, 0.15) is 13.3 Å². The Bertz CT molecular complexity index is 452. The van der Waals surface area contributed by atoms with Gasteiger partial charge in [-0.25, -0.2) is 9.18 Å². The van der Waals surface area contributed by atoms with Crippen molar-refractivity contribution in [2.75, 3.05) is 18.5 Å². The lowest BCUT2D eigenvalue weighted by Gasteiger charge is -2.40. The van der Waals surface area contributed by atoms with Crippen LogP contribution >= 0.6 is 0 Å². The van der Waals surface area contributed by atoms with Crippen LogP contribution in [-0.4, -0.2) is 29.8 Å². The van der Waals surface area contributed by atoms with Gasteiger partial charge in [-0.15, -0.1) is 0 Å². The number of aliphatic carboxylic acids is 1. The van der Waals surface area contributed by atoms with E-state index in [1.165, 1.54) is 12.1 Å². The van der Waals surface area contributed by atoms with Gasteiger partial charge in [0, 0.05) is 24.6 Å². The molecule has 4 nitrogen and oxygen atoms in total. The van der Waals surface area contributed by atoms with Crippen LogP contribution in [0.2, 0.25) is 0 Å². The molecule has 0 radical (unpaired) electrons. The molecule has 18 heavy (non-hydrogen) atoms. The predicted molar refractivity (Wildman–Crippen MR) is 65.0 cm³/mol. The minimum Gasteiger partial charge on any atom is -0.479 e. The Hall–Kier alpha value is -1.62. The molecule has 1 aromatic carbocycles. The lowest BCUT2D eigenvalue weighted by atomic mass is 9.81. The minimum atomic E-state index is -1.09. The molecule has 1 aromatic rings. The third kappa shape index (κ3) is 2.31. The highest BCUT2D eigenvalue weighted by Gasteiger charge is 2.45. The van der Waals surface area contributed by atoms with Crippen molar-refractivity contribution in [3.63, 3.8) is 0 Å². The molecular weight excluding hydrogens is 237 g/mol. The molecule has 0 bridgehead atoms. The zero-order chi connectivity index (χ0) is 13.2. The summed E-state index contributed by atoms with van der Waals surface area (Å²) in [7, 11) is 0. The summed E-state index contributed by atoms with van der Waals surface area (Å²) >= 11 is 0. The van der Waals surface area contributed by atoms with Gasteiger partial charge in [0.05, 0.1) is 6.61 Å². The summed E-state index contributed by atoms with van der Waals surface area (Å²) in [5, 5.41) is 12.4. The second-order valence-electron chi connectivity index (χ2n) is 4.64. The Balaban J connectivity index is 2.28. The lowest BCUT2D eigenvalue weighted by Crippen LogP contribution is -2.56. The summed E-state index contributed by atoms with van der Waals surface area (Å²) in [4.78, 5) is 11.6. The third-order valence-electron chi connectivity index (χ3n) is 3.42. The van der Waals surface area contributed by atoms with Gasteiger partial charge in [0.1, 0.15) is 11.4 Å². The first kappa shape index (κ1) is 12.8. The van der Waals surface area contributed by atoms with Crippen molar-refractivity contribution < 1.29 is 19.0 Å². The molecule has 0 aromatic heterocycles. The quantitative estimate of drug-likeness (QED) is 0.866. The summed E-state index contributed by atoms with van der Waals surface area (Å²) < 4.78 is 18.4. The average Bonchev–Trinajstić information content (AvgIpc) is 2.32. The zero-order valence-corrected chi connectivity index (χ0v) is 10.1. The molecule has 5 heteroatoms. The number of halogens is 1. The maximum atomic E-state index is 13.1. The molecule has 98 valence electrons. The monoisotopic (exact) mass is 253 g/mol. The molecule has 2 unspecified atom stereocenters. The second-order valence-corrected chi connectivity index (χ2v) is 4.64. The largest absolute Gasteiger partial charge is 0.479 e. The normalized spacial score (nSPS) is 27.8. The Morgan fingerprint density at radius 2 is 2.39 bits per heavy atom. The van der Waals surface area contributed by atoms with Crippen LogP contribution in [0.3, 0.4) is 0 Å². The Labute approximate surface area is 105 Å². The van der Waals surface area contributed by atoms with E-state index < -0.39 is 11.5 Å². The first-order valence-corrected chi connectivity index (χ1v) is 5.89. The molecule has 1 saturated heterocycles. The van der Waals surface area contributed by atoms with Gasteiger partial charge in [0.2, 0.25) is 0 Å². The average molecular weight is 253 g/mol. The number of carbonyl (C=O) groups is 1. The standard InChI is InChI=1S/C13H16FNO3/c1-9-8-18-6-5-13(9,12(16)17)15-11-4-2-3-10(14)7-11/h2-4,7,9,15H,5-6,8H2,1H3,(H,16,17). The molecule has 2 N–H and O–H groups in total. The third-order valence-corrected chi connectivity index (χ3v) is 3.42. The number of ether oxygens (including phenoxy) is 1. The van der Waals surface area contributed by atoms with Gasteiger partial charge in [-0.3, -0.25) is 0 Å². The highest BCUT2D eigenvalue weighted by atomic mass is 19.1. The van der Waals surface area contributed by atoms with Gasteiger partial charge < -0.3 is 15.2 Å². The first-order chi connectivity index (χ1) is 8.54. The smallest absolute Gasteiger partial charge is 0.329 e. The fourth-order valence-electron chi connectivity index (χ4n) is 2.26. The van der Waals surface area contributed by atoms with Gasteiger partial charge in [-0.05, 0) is 18.2 Å². The second kappa shape index (κ2) is 4.94. The van der Waals surface area contributed by atoms with Crippen molar-refractivity contribution in [3.8, 4) is 0 Å². The topological polar surface area (TPSA) is 58.6 Å². The van der Waals surface area contributed by atoms with Crippen LogP contribution in [-0.2, 0) is 9.53 Å². The van der Waals surface area contributed by atoms with Crippen molar-refractivity contribution >= 4 is 11.7 Å². The Morgan fingerprint density at radius 3 is 3.00 bits per heavy atom. The van der Waals surface area contributed by atoms with Crippen molar-refractivity contribution in [1.29, 1.82) is 0 Å². The lowest BCUT2D eigenvalue weighted by molar-refractivity contribution is -0.148. The minimum absolute atomic E-state index is 0.188. The van der Waals surface area contributed by atoms with Crippen LogP contribution in [0.25, 0.3) is 0 Å².